The average molecular weight is 670 g/mol. The van der Waals surface area contributed by atoms with E-state index in [1.807, 2.05) is 42.3 Å². The fraction of sp³-hybridized carbons (Fsp3) is 0.500. The van der Waals surface area contributed by atoms with Crippen LogP contribution in [0.5, 0.6) is 0 Å². The van der Waals surface area contributed by atoms with E-state index in [1.165, 1.54) is 4.90 Å². The van der Waals surface area contributed by atoms with Crippen molar-refractivity contribution in [3.63, 3.8) is 0 Å². The van der Waals surface area contributed by atoms with Gasteiger partial charge in [0.15, 0.2) is 0 Å². The molecule has 6 rings (SSSR count). The zero-order valence-electron chi connectivity index (χ0n) is 24.9. The topological polar surface area (TPSA) is 131 Å². The molecule has 1 atom stereocenters. The second kappa shape index (κ2) is 11.8. The molecule has 43 heavy (non-hydrogen) atoms. The highest BCUT2D eigenvalue weighted by Gasteiger charge is 2.28. The van der Waals surface area contributed by atoms with Gasteiger partial charge >= 0.3 is 6.09 Å². The normalized spacial score (nSPS) is 17.5. The zero-order valence-corrected chi connectivity index (χ0v) is 27.5. The summed E-state index contributed by atoms with van der Waals surface area (Å²) in [4.78, 5) is 36.3. The molecule has 0 bridgehead atoms. The zero-order chi connectivity index (χ0) is 30.3. The summed E-state index contributed by atoms with van der Waals surface area (Å²) < 4.78 is 11.0. The highest BCUT2D eigenvalue weighted by atomic mass is 79.9. The summed E-state index contributed by atoms with van der Waals surface area (Å²) in [6.07, 6.45) is 4.60. The molecule has 228 valence electrons. The first-order valence-corrected chi connectivity index (χ1v) is 19.0. The summed E-state index contributed by atoms with van der Waals surface area (Å²) in [5, 5.41) is 14.4. The molecule has 0 saturated carbocycles. The lowest BCUT2D eigenvalue weighted by Crippen LogP contribution is -2.53. The molecule has 0 aromatic carbocycles. The fourth-order valence-electron chi connectivity index (χ4n) is 5.48. The number of rotatable bonds is 8. The maximum absolute atomic E-state index is 11.5. The average Bonchev–Trinajstić information content (AvgIpc) is 3.54. The van der Waals surface area contributed by atoms with Crippen LogP contribution in [-0.4, -0.2) is 97.3 Å². The molecule has 4 aromatic heterocycles. The molecule has 1 saturated heterocycles. The first-order chi connectivity index (χ1) is 20.6. The van der Waals surface area contributed by atoms with Gasteiger partial charge in [-0.15, -0.1) is 0 Å². The lowest BCUT2D eigenvalue weighted by molar-refractivity contribution is 0.0818. The Kier molecular flexibility index (Phi) is 8.13. The number of pyridine rings is 1. The van der Waals surface area contributed by atoms with Crippen LogP contribution in [0.25, 0.3) is 22.3 Å². The number of nitrogens with zero attached hydrogens (tertiary/aromatic N) is 10. The maximum Gasteiger partial charge on any atom is 0.407 e. The fourth-order valence-corrected chi connectivity index (χ4v) is 6.72. The number of carboxylic acid groups (broad SMARTS) is 1. The van der Waals surface area contributed by atoms with Crippen molar-refractivity contribution in [2.45, 2.75) is 58.5 Å². The lowest BCUT2D eigenvalue weighted by atomic mass is 10.1. The quantitative estimate of drug-likeness (QED) is 0.213. The molecule has 4 aromatic rings. The van der Waals surface area contributed by atoms with E-state index in [0.29, 0.717) is 45.5 Å². The predicted octanol–water partition coefficient (Wildman–Crippen LogP) is 4.37. The van der Waals surface area contributed by atoms with Gasteiger partial charge < -0.3 is 29.1 Å². The molecule has 1 fully saturated rings. The van der Waals surface area contributed by atoms with Crippen LogP contribution in [0.1, 0.15) is 12.7 Å². The molecular formula is C28H37BrN10O3Si. The molecule has 2 aliphatic heterocycles. The third-order valence-electron chi connectivity index (χ3n) is 8.01. The number of amides is 1. The Bertz CT molecular complexity index is 1620. The van der Waals surface area contributed by atoms with Gasteiger partial charge in [-0.25, -0.2) is 29.4 Å². The highest BCUT2D eigenvalue weighted by molar-refractivity contribution is 9.10. The first-order valence-electron chi connectivity index (χ1n) is 14.5. The van der Waals surface area contributed by atoms with Crippen molar-refractivity contribution in [1.82, 2.24) is 39.2 Å². The SMILES string of the molecule is CC1CN(c2ccc(-c3nn(COCC[Si](C)(C)C)c4cnc(N5CCn6c(Br)cnc6C5)nc34)cn2)CCN1C(=O)O. The van der Waals surface area contributed by atoms with Crippen LogP contribution >= 0.6 is 15.9 Å². The molecule has 0 aliphatic carbocycles. The van der Waals surface area contributed by atoms with Crippen molar-refractivity contribution in [3.05, 3.63) is 41.2 Å². The molecule has 13 nitrogen and oxygen atoms in total. The van der Waals surface area contributed by atoms with Gasteiger partial charge in [0.2, 0.25) is 5.95 Å². The Labute approximate surface area is 259 Å². The van der Waals surface area contributed by atoms with Crippen LogP contribution in [0.4, 0.5) is 16.6 Å². The number of piperazine rings is 1. The number of carbonyl (C=O) groups is 1. The van der Waals surface area contributed by atoms with Crippen LogP contribution in [0.3, 0.4) is 0 Å². The Hall–Kier alpha value is -3.56. The Balaban J connectivity index is 1.28. The second-order valence-electron chi connectivity index (χ2n) is 12.3. The summed E-state index contributed by atoms with van der Waals surface area (Å²) >= 11 is 3.57. The minimum atomic E-state index is -1.22. The number of hydrogen-bond acceptors (Lipinski definition) is 9. The number of imidazole rings is 1. The maximum atomic E-state index is 11.5. The summed E-state index contributed by atoms with van der Waals surface area (Å²) in [5.41, 5.74) is 3.11. The third-order valence-corrected chi connectivity index (χ3v) is 10.3. The number of ether oxygens (including phenoxy) is 1. The molecule has 0 radical (unpaired) electrons. The smallest absolute Gasteiger partial charge is 0.407 e. The van der Waals surface area contributed by atoms with Gasteiger partial charge in [-0.1, -0.05) is 19.6 Å². The van der Waals surface area contributed by atoms with Crippen LogP contribution in [0.15, 0.2) is 35.3 Å². The molecule has 0 spiro atoms. The molecule has 2 aliphatic rings. The van der Waals surface area contributed by atoms with Crippen molar-refractivity contribution in [2.24, 2.45) is 0 Å². The minimum absolute atomic E-state index is 0.114. The van der Waals surface area contributed by atoms with Gasteiger partial charge in [0, 0.05) is 65.2 Å². The summed E-state index contributed by atoms with van der Waals surface area (Å²) in [7, 11) is -1.22. The largest absolute Gasteiger partial charge is 0.465 e. The van der Waals surface area contributed by atoms with Crippen molar-refractivity contribution in [2.75, 3.05) is 42.6 Å². The van der Waals surface area contributed by atoms with Crippen molar-refractivity contribution < 1.29 is 14.6 Å². The standard InChI is InChI=1S/C28H37BrN10O3Si/c1-19-16-35(7-9-37(19)28(40)41)23-6-5-20(13-30-23)25-26-21(39(34-25)18-42-11-12-43(2,3)4)14-32-27(33-26)36-8-10-38-22(29)15-31-24(38)17-36/h5-6,13-15,19H,7-12,16-18H2,1-4H3,(H,40,41). The third kappa shape index (κ3) is 6.24. The molecular weight excluding hydrogens is 632 g/mol. The van der Waals surface area contributed by atoms with Crippen LogP contribution in [0, 0.1) is 0 Å². The number of aromatic nitrogens is 7. The molecule has 15 heteroatoms. The van der Waals surface area contributed by atoms with E-state index < -0.39 is 14.2 Å². The van der Waals surface area contributed by atoms with E-state index >= 15 is 0 Å². The molecule has 1 unspecified atom stereocenters. The van der Waals surface area contributed by atoms with E-state index in [9.17, 15) is 9.90 Å². The van der Waals surface area contributed by atoms with Crippen molar-refractivity contribution >= 4 is 52.9 Å². The van der Waals surface area contributed by atoms with Gasteiger partial charge in [-0.3, -0.25) is 0 Å². The first kappa shape index (κ1) is 29.5. The highest BCUT2D eigenvalue weighted by Crippen LogP contribution is 2.30. The molecule has 1 N–H and O–H groups in total. The van der Waals surface area contributed by atoms with Gasteiger partial charge in [-0.2, -0.15) is 5.10 Å². The molecule has 6 heterocycles. The molecule has 1 amide bonds. The van der Waals surface area contributed by atoms with Gasteiger partial charge in [0.1, 0.15) is 39.7 Å². The van der Waals surface area contributed by atoms with Gasteiger partial charge in [0.25, 0.3) is 0 Å². The van der Waals surface area contributed by atoms with Crippen LogP contribution < -0.4 is 9.80 Å². The van der Waals surface area contributed by atoms with Gasteiger partial charge in [-0.05, 0) is 41.0 Å². The predicted molar refractivity (Wildman–Crippen MR) is 170 cm³/mol. The number of halogens is 1. The Morgan fingerprint density at radius 1 is 1.07 bits per heavy atom. The van der Waals surface area contributed by atoms with E-state index in [2.05, 4.69) is 54.9 Å². The van der Waals surface area contributed by atoms with E-state index in [-0.39, 0.29) is 6.04 Å². The van der Waals surface area contributed by atoms with Crippen LogP contribution in [0.2, 0.25) is 25.7 Å². The minimum Gasteiger partial charge on any atom is -0.465 e. The Morgan fingerprint density at radius 2 is 1.88 bits per heavy atom. The van der Waals surface area contributed by atoms with Crippen molar-refractivity contribution in [3.8, 4) is 11.3 Å². The lowest BCUT2D eigenvalue weighted by Gasteiger charge is -2.38. The Morgan fingerprint density at radius 3 is 2.60 bits per heavy atom. The van der Waals surface area contributed by atoms with Gasteiger partial charge in [0.05, 0.1) is 18.9 Å². The number of anilines is 2. The van der Waals surface area contributed by atoms with Crippen molar-refractivity contribution in [1.29, 1.82) is 0 Å². The van der Waals surface area contributed by atoms with E-state index in [0.717, 1.165) is 57.7 Å². The summed E-state index contributed by atoms with van der Waals surface area (Å²) in [6, 6.07) is 4.94. The second-order valence-corrected chi connectivity index (χ2v) is 18.8. The van der Waals surface area contributed by atoms with Crippen LogP contribution in [-0.2, 0) is 24.6 Å². The van der Waals surface area contributed by atoms with E-state index in [1.54, 1.807) is 0 Å². The number of hydrogen-bond donors (Lipinski definition) is 1. The van der Waals surface area contributed by atoms with E-state index in [4.69, 9.17) is 24.8 Å². The summed E-state index contributed by atoms with van der Waals surface area (Å²) in [5.74, 6) is 2.41. The monoisotopic (exact) mass is 668 g/mol. The number of fused-ring (bicyclic) bond motifs is 2. The summed E-state index contributed by atoms with van der Waals surface area (Å²) in [6.45, 7) is 13.7.